The highest BCUT2D eigenvalue weighted by atomic mass is 127. The Kier molecular flexibility index (Phi) is 90.5. The third kappa shape index (κ3) is 74.3. The van der Waals surface area contributed by atoms with Gasteiger partial charge < -0.3 is 107 Å². The second-order valence-electron chi connectivity index (χ2n) is 26.4. The summed E-state index contributed by atoms with van der Waals surface area (Å²) in [5.41, 5.74) is -11.1. The number of allylic oxidation sites excluding steroid dienone is 1. The van der Waals surface area contributed by atoms with Crippen molar-refractivity contribution in [3.8, 4) is 0 Å². The van der Waals surface area contributed by atoms with Crippen molar-refractivity contribution in [3.05, 3.63) is 139 Å². The van der Waals surface area contributed by atoms with Gasteiger partial charge in [0.1, 0.15) is 119 Å². The summed E-state index contributed by atoms with van der Waals surface area (Å²) in [6.45, 7) is 28.0. The van der Waals surface area contributed by atoms with E-state index in [1.165, 1.54) is 0 Å². The fraction of sp³-hybridized carbons (Fsp3) is 0.449. The maximum absolute atomic E-state index is 12.3. The van der Waals surface area contributed by atoms with E-state index in [4.69, 9.17) is 129 Å². The molecular formula is C78H99B5I5O45P5. The number of carbonyl (C=O) groups is 19. The molecule has 0 aliphatic carbocycles. The van der Waals surface area contributed by atoms with Gasteiger partial charge in [0.15, 0.2) is 5.78 Å². The SMILES string of the molecule is C=CC(=O)CC(CO)(CO)CO.C=CC(=O)OCC(CO)(CO)COC(=O)C=C.C=CC(=O)OCC(CO)(COC(=O)C=C)COC(=O)C=C.O=C1CC(P[B]I)C(=O)O1.O=C1CC(P[B]I)C(=O)O1.O=C=O.O=C=O.[B]P(I)CCC(=O)OCC(COC(=O)C=C)(COC(=O)C=C)COC(=O)C=C.[B]P(I)CCC(=O)OCC(COC(=O)C=C)(COC(=O)C=C)COC(=O)CC(C(=O)O)P([B])I. The van der Waals surface area contributed by atoms with Gasteiger partial charge in [-0.15, -0.1) is 16.9 Å². The smallest absolute Gasteiger partial charge is 0.373 e. The molecule has 2 saturated heterocycles. The van der Waals surface area contributed by atoms with Gasteiger partial charge >= 0.3 is 120 Å². The summed E-state index contributed by atoms with van der Waals surface area (Å²) < 4.78 is 73.4. The Morgan fingerprint density at radius 3 is 0.761 bits per heavy atom. The third-order valence-corrected chi connectivity index (χ3v) is 26.9. The van der Waals surface area contributed by atoms with Crippen molar-refractivity contribution in [2.75, 3.05) is 138 Å². The molecule has 2 aliphatic heterocycles. The first-order valence-electron chi connectivity index (χ1n) is 37.8. The first-order valence-corrected chi connectivity index (χ1v) is 55.6. The van der Waals surface area contributed by atoms with Crippen LogP contribution in [-0.2, 0) is 181 Å². The fourth-order valence-electron chi connectivity index (χ4n) is 7.72. The average Bonchev–Trinajstić information content (AvgIpc) is 1.75. The van der Waals surface area contributed by atoms with Crippen LogP contribution >= 0.6 is 144 Å². The standard InChI is InChI=1S/C18H22B2I2O10P2.C17H21BIO8P.C14H18O7.C11H16O6.C8H14O4.2C4H4BIO3P.2CO2/c1-3-13(23)29-8-18(9-30-14(24)4-2,10-31-15(25)5-6-33(19)21)11-32-16(26)7-12(17(27)28)34(20)22;1-4-13(20)24-9-17(10-25-14(21)5-2,11-26-15(22)6-3)12-27-16(23)7-8-28(18)19;1-4-11(16)19-8-14(7-15,9-20-12(17)5-2)10-21-13(18)6-3;1-3-9(14)16-7-11(5-12,6-13)8-17-10(15)4-2;1-2-7(12)3-8(4-9,5-10)6-11;2*6-5-10-2-1-3(7)9-4(2)8;2*2-1-3/h3-4,12H,1-2,5-11H2,(H,27,28);4-6H,1-3,7-12H2;4-6,15H,1-3,7-10H2;3-4,12-13H,1-2,5-8H2;2,9-11H,1,3-6H2;2*2,10H,1H2;;. The minimum atomic E-state index is -1.50. The Hall–Kier alpha value is -7.69. The normalized spacial score (nSPS) is 13.3. The van der Waals surface area contributed by atoms with Crippen LogP contribution in [0.2, 0.25) is 0 Å². The molecule has 45 nitrogen and oxygen atoms in total. The molecule has 2 heterocycles. The first kappa shape index (κ1) is 143. The zero-order valence-electron chi connectivity index (χ0n) is 73.7. The van der Waals surface area contributed by atoms with Gasteiger partial charge in [-0.05, 0) is 18.4 Å². The highest BCUT2D eigenvalue weighted by molar-refractivity contribution is 14.2. The Morgan fingerprint density at radius 2 is 0.587 bits per heavy atom. The molecule has 2 aliphatic rings. The molecule has 0 spiro atoms. The minimum absolute atomic E-state index is 0.0237. The zero-order valence-corrected chi connectivity index (χ0v) is 89.2. The lowest BCUT2D eigenvalue weighted by Crippen LogP contribution is -2.44. The highest BCUT2D eigenvalue weighted by Gasteiger charge is 2.42. The lowest BCUT2D eigenvalue weighted by molar-refractivity contribution is -0.193. The Bertz CT molecular complexity index is 3880. The molecule has 2 rings (SSSR count). The third-order valence-electron chi connectivity index (χ3n) is 15.5. The number of hydrogen-bond donors (Lipinski definition) is 7. The number of carboxylic acids is 1. The number of ether oxygens (including phenoxy) is 15. The predicted octanol–water partition coefficient (Wildman–Crippen LogP) is 3.04. The average molecular weight is 2600 g/mol. The number of carboxylic acid groups (broad SMARTS) is 1. The van der Waals surface area contributed by atoms with Gasteiger partial charge in [-0.1, -0.05) is 155 Å². The molecule has 756 valence electrons. The molecular weight excluding hydrogens is 2500 g/mol. The van der Waals surface area contributed by atoms with E-state index in [-0.39, 0.29) is 145 Å². The van der Waals surface area contributed by atoms with Crippen molar-refractivity contribution < 1.29 is 217 Å². The van der Waals surface area contributed by atoms with E-state index in [2.05, 4.69) is 127 Å². The summed E-state index contributed by atoms with van der Waals surface area (Å²) in [7, 11) is 17.8. The number of aliphatic hydroxyl groups excluding tert-OH is 6. The second kappa shape index (κ2) is 87.1. The summed E-state index contributed by atoms with van der Waals surface area (Å²) >= 11 is 9.89. The summed E-state index contributed by atoms with van der Waals surface area (Å²) in [5.74, 6) is -12.6. The molecule has 138 heavy (non-hydrogen) atoms. The van der Waals surface area contributed by atoms with Crippen LogP contribution in [0.15, 0.2) is 139 Å². The number of halogens is 5. The number of rotatable bonds is 59. The molecule has 7 N–H and O–H groups in total. The van der Waals surface area contributed by atoms with Crippen LogP contribution in [0.4, 0.5) is 0 Å². The number of carbonyl (C=O) groups excluding carboxylic acids is 22. The summed E-state index contributed by atoms with van der Waals surface area (Å²) in [5, 5.41) is 63.5. The number of esters is 17. The van der Waals surface area contributed by atoms with Gasteiger partial charge in [-0.25, -0.2) is 47.9 Å². The van der Waals surface area contributed by atoms with Gasteiger partial charge in [-0.2, -0.15) is 63.9 Å². The molecule has 8 radical (unpaired) electrons. The van der Waals surface area contributed by atoms with Crippen LogP contribution < -0.4 is 0 Å². The van der Waals surface area contributed by atoms with Crippen molar-refractivity contribution in [1.82, 2.24) is 0 Å². The maximum atomic E-state index is 12.3. The van der Waals surface area contributed by atoms with Crippen molar-refractivity contribution in [1.29, 1.82) is 0 Å². The number of ketones is 1. The van der Waals surface area contributed by atoms with Gasteiger partial charge in [0.25, 0.3) is 0 Å². The predicted molar refractivity (Wildman–Crippen MR) is 539 cm³/mol. The number of cyclic esters (lactones) is 4. The van der Waals surface area contributed by atoms with Gasteiger partial charge in [0.05, 0.1) is 86.7 Å². The number of aliphatic hydroxyl groups is 6. The molecule has 0 aromatic heterocycles. The fourth-order valence-corrected chi connectivity index (χ4v) is 15.7. The Morgan fingerprint density at radius 1 is 0.377 bits per heavy atom. The largest absolute Gasteiger partial charge is 0.481 e. The summed E-state index contributed by atoms with van der Waals surface area (Å²) in [6, 6.07) is 0. The van der Waals surface area contributed by atoms with E-state index in [0.29, 0.717) is 29.2 Å². The molecule has 0 saturated carbocycles. The van der Waals surface area contributed by atoms with Crippen LogP contribution in [0.25, 0.3) is 0 Å². The van der Waals surface area contributed by atoms with E-state index in [1.54, 1.807) is 22.0 Å². The van der Waals surface area contributed by atoms with E-state index < -0.39 is 205 Å². The van der Waals surface area contributed by atoms with Crippen molar-refractivity contribution >= 4 is 302 Å². The molecule has 0 aromatic carbocycles. The van der Waals surface area contributed by atoms with Crippen LogP contribution in [-0.4, -0.2) is 349 Å². The Balaban J connectivity index is -0.000000298. The number of aliphatic carboxylic acids is 1. The Labute approximate surface area is 871 Å². The second-order valence-corrected chi connectivity index (χ2v) is 47.2. The molecule has 8 unspecified atom stereocenters. The van der Waals surface area contributed by atoms with Crippen LogP contribution in [0.5, 0.6) is 0 Å². The van der Waals surface area contributed by atoms with Gasteiger partial charge in [-0.3, -0.25) is 43.2 Å². The summed E-state index contributed by atoms with van der Waals surface area (Å²) in [6.07, 6.45) is 11.8. The van der Waals surface area contributed by atoms with Gasteiger partial charge in [0, 0.05) is 85.4 Å². The number of hydrogen-bond acceptors (Lipinski definition) is 44. The van der Waals surface area contributed by atoms with Crippen LogP contribution in [0.1, 0.15) is 38.5 Å². The minimum Gasteiger partial charge on any atom is -0.481 e. The van der Waals surface area contributed by atoms with Gasteiger partial charge in [0.2, 0.25) is 9.71 Å². The molecule has 0 aromatic rings. The van der Waals surface area contributed by atoms with Crippen molar-refractivity contribution in [2.45, 2.75) is 55.5 Å². The highest BCUT2D eigenvalue weighted by Crippen LogP contribution is 2.47. The molecule has 60 heteroatoms. The summed E-state index contributed by atoms with van der Waals surface area (Å²) in [4.78, 5) is 250. The van der Waals surface area contributed by atoms with E-state index >= 15 is 0 Å². The zero-order chi connectivity index (χ0) is 108. The molecule has 0 bridgehead atoms. The topological polar surface area (TPSA) is 673 Å². The molecule has 0 amide bonds. The lowest BCUT2D eigenvalue weighted by Gasteiger charge is -2.31. The molecule has 2 fully saturated rings. The maximum Gasteiger partial charge on any atom is 0.373 e. The quantitative estimate of drug-likeness (QED) is 0.00875. The lowest BCUT2D eigenvalue weighted by atomic mass is 9.85. The van der Waals surface area contributed by atoms with Crippen LogP contribution in [0, 0.1) is 27.1 Å². The van der Waals surface area contributed by atoms with Crippen molar-refractivity contribution in [3.63, 3.8) is 0 Å². The van der Waals surface area contributed by atoms with E-state index in [9.17, 15) is 101 Å². The molecule has 8 atom stereocenters. The van der Waals surface area contributed by atoms with Crippen LogP contribution in [0.3, 0.4) is 0 Å². The van der Waals surface area contributed by atoms with E-state index in [0.717, 1.165) is 66.8 Å². The first-order chi connectivity index (χ1) is 64.9. The van der Waals surface area contributed by atoms with Crippen molar-refractivity contribution in [2.24, 2.45) is 27.1 Å². The van der Waals surface area contributed by atoms with E-state index in [1.807, 2.05) is 53.8 Å². The monoisotopic (exact) mass is 2600 g/mol.